The summed E-state index contributed by atoms with van der Waals surface area (Å²) in [5.74, 6) is -2.13. The zero-order valence-corrected chi connectivity index (χ0v) is 31.1. The Morgan fingerprint density at radius 1 is 0.407 bits per heavy atom. The van der Waals surface area contributed by atoms with E-state index in [2.05, 4.69) is 29.9 Å². The van der Waals surface area contributed by atoms with Gasteiger partial charge in [-0.3, -0.25) is 50.1 Å². The average Bonchev–Trinajstić information content (AvgIpc) is 3.11. The first kappa shape index (κ1) is 43.1. The summed E-state index contributed by atoms with van der Waals surface area (Å²) in [5.41, 5.74) is 8.76. The molecule has 16 nitrogen and oxygen atoms in total. The zero-order valence-electron chi connectivity index (χ0n) is 31.1. The van der Waals surface area contributed by atoms with Gasteiger partial charge in [0.2, 0.25) is 0 Å². The van der Waals surface area contributed by atoms with E-state index in [1.54, 1.807) is 12.4 Å². The molecule has 282 valence electrons. The van der Waals surface area contributed by atoms with Crippen LogP contribution in [0.25, 0.3) is 11.4 Å². The summed E-state index contributed by atoms with van der Waals surface area (Å²) in [4.78, 5) is 44.2. The number of aromatic nitrogens is 6. The van der Waals surface area contributed by atoms with Gasteiger partial charge in [0.1, 0.15) is 0 Å². The molecular formula is C38H42N8O8. The van der Waals surface area contributed by atoms with Crippen molar-refractivity contribution in [3.05, 3.63) is 151 Å². The molecule has 0 amide bonds. The maximum Gasteiger partial charge on any atom is 0.351 e. The first-order valence-corrected chi connectivity index (χ1v) is 16.1. The van der Waals surface area contributed by atoms with Crippen LogP contribution >= 0.6 is 0 Å². The fourth-order valence-electron chi connectivity index (χ4n) is 4.10. The molecule has 0 saturated heterocycles. The molecule has 0 saturated carbocycles. The lowest BCUT2D eigenvalue weighted by atomic mass is 10.2. The number of hydrogen-bond acceptors (Lipinski definition) is 14. The van der Waals surface area contributed by atoms with Gasteiger partial charge < -0.3 is 20.4 Å². The molecule has 2 aromatic carbocycles. The van der Waals surface area contributed by atoms with Crippen molar-refractivity contribution < 1.29 is 30.3 Å². The Morgan fingerprint density at radius 3 is 0.815 bits per heavy atom. The Morgan fingerprint density at radius 2 is 0.648 bits per heavy atom. The third-order valence-electron chi connectivity index (χ3n) is 7.38. The Labute approximate surface area is 311 Å². The second kappa shape index (κ2) is 20.7. The number of phenolic OH excluding ortho intramolecular Hbond substituents is 4. The molecule has 54 heavy (non-hydrogen) atoms. The number of aromatic hydroxyl groups is 4. The van der Waals surface area contributed by atoms with Crippen LogP contribution in [0.4, 0.5) is 11.4 Å². The molecule has 4 heterocycles. The molecule has 0 bridgehead atoms. The summed E-state index contributed by atoms with van der Waals surface area (Å²) in [7, 11) is 0. The van der Waals surface area contributed by atoms with Gasteiger partial charge in [-0.25, -0.2) is 0 Å². The van der Waals surface area contributed by atoms with Gasteiger partial charge in [0.05, 0.1) is 66.8 Å². The predicted molar refractivity (Wildman–Crippen MR) is 202 cm³/mol. The first-order valence-electron chi connectivity index (χ1n) is 16.1. The third kappa shape index (κ3) is 13.2. The minimum atomic E-state index is -0.843. The van der Waals surface area contributed by atoms with Crippen molar-refractivity contribution in [2.45, 2.75) is 55.4 Å². The lowest BCUT2D eigenvalue weighted by molar-refractivity contribution is -0.387. The van der Waals surface area contributed by atoms with E-state index in [0.717, 1.165) is 81.2 Å². The Kier molecular flexibility index (Phi) is 16.5. The molecule has 4 N–H and O–H groups in total. The van der Waals surface area contributed by atoms with Crippen LogP contribution in [0.1, 0.15) is 45.6 Å². The number of rotatable bonds is 3. The monoisotopic (exact) mass is 738 g/mol. The van der Waals surface area contributed by atoms with Gasteiger partial charge in [-0.05, 0) is 104 Å². The second-order valence-electron chi connectivity index (χ2n) is 11.4. The highest BCUT2D eigenvalue weighted by molar-refractivity contribution is 5.56. The standard InChI is InChI=1S/C10H8N2.2C8H12N2.2C6H5NO4/c1-3-7-11-9(5-1)10-6-2-4-8-12-10;2*1-5-6(2)10-8(4)7(3)9-5;2*8-4-2-1-3-5(9)6(4)7(10)11/h1-8H;2*1-4H3;2*1-3,8-9H. The van der Waals surface area contributed by atoms with Crippen molar-refractivity contribution in [2.75, 3.05) is 0 Å². The van der Waals surface area contributed by atoms with Crippen LogP contribution in [0, 0.1) is 75.6 Å². The SMILES string of the molecule is Cc1nc(C)c(C)nc1C.Cc1nc(C)c(C)nc1C.O=[N+]([O-])c1c(O)cccc1O.O=[N+]([O-])c1c(O)cccc1O.c1ccc(-c2ccccn2)nc1. The Hall–Kier alpha value is -7.10. The van der Waals surface area contributed by atoms with E-state index in [-0.39, 0.29) is 0 Å². The number of hydrogen-bond donors (Lipinski definition) is 4. The number of para-hydroxylation sites is 2. The fraction of sp³-hybridized carbons (Fsp3) is 0.211. The number of nitro benzene ring substituents is 2. The molecular weight excluding hydrogens is 696 g/mol. The van der Waals surface area contributed by atoms with Gasteiger partial charge in [0, 0.05) is 12.4 Å². The smallest absolute Gasteiger partial charge is 0.351 e. The molecule has 0 spiro atoms. The van der Waals surface area contributed by atoms with E-state index < -0.39 is 44.2 Å². The highest BCUT2D eigenvalue weighted by Gasteiger charge is 2.18. The molecule has 0 fully saturated rings. The minimum absolute atomic E-state index is 0.532. The summed E-state index contributed by atoms with van der Waals surface area (Å²) in [6.45, 7) is 15.8. The summed E-state index contributed by atoms with van der Waals surface area (Å²) < 4.78 is 0. The van der Waals surface area contributed by atoms with Gasteiger partial charge in [0.15, 0.2) is 23.0 Å². The van der Waals surface area contributed by atoms with Crippen LogP contribution in [0.2, 0.25) is 0 Å². The van der Waals surface area contributed by atoms with Gasteiger partial charge in [-0.15, -0.1) is 0 Å². The second-order valence-corrected chi connectivity index (χ2v) is 11.4. The first-order chi connectivity index (χ1) is 25.4. The Bertz CT molecular complexity index is 1870. The van der Waals surface area contributed by atoms with Gasteiger partial charge in [0.25, 0.3) is 0 Å². The van der Waals surface area contributed by atoms with Crippen molar-refractivity contribution in [1.29, 1.82) is 0 Å². The highest BCUT2D eigenvalue weighted by Crippen LogP contribution is 2.34. The lowest BCUT2D eigenvalue weighted by Crippen LogP contribution is -1.97. The van der Waals surface area contributed by atoms with E-state index in [9.17, 15) is 20.2 Å². The summed E-state index contributed by atoms with van der Waals surface area (Å²) in [5, 5.41) is 55.7. The van der Waals surface area contributed by atoms with Crippen LogP contribution in [-0.4, -0.2) is 60.2 Å². The van der Waals surface area contributed by atoms with E-state index in [1.165, 1.54) is 12.1 Å². The van der Waals surface area contributed by atoms with Gasteiger partial charge in [-0.2, -0.15) is 0 Å². The van der Waals surface area contributed by atoms with E-state index in [0.29, 0.717) is 0 Å². The topological polar surface area (TPSA) is 245 Å². The number of aryl methyl sites for hydroxylation is 8. The lowest BCUT2D eigenvalue weighted by Gasteiger charge is -2.01. The van der Waals surface area contributed by atoms with Crippen molar-refractivity contribution in [2.24, 2.45) is 0 Å². The number of phenols is 4. The highest BCUT2D eigenvalue weighted by atomic mass is 16.6. The van der Waals surface area contributed by atoms with Crippen LogP contribution in [-0.2, 0) is 0 Å². The van der Waals surface area contributed by atoms with Crippen LogP contribution in [0.3, 0.4) is 0 Å². The minimum Gasteiger partial charge on any atom is -0.502 e. The van der Waals surface area contributed by atoms with Crippen LogP contribution < -0.4 is 0 Å². The number of nitro groups is 2. The maximum atomic E-state index is 10.1. The molecule has 0 radical (unpaired) electrons. The Balaban J connectivity index is 0.000000234. The van der Waals surface area contributed by atoms with Crippen LogP contribution in [0.5, 0.6) is 23.0 Å². The fourth-order valence-corrected chi connectivity index (χ4v) is 4.10. The molecule has 16 heteroatoms. The maximum absolute atomic E-state index is 10.1. The normalized spacial score (nSPS) is 9.70. The van der Waals surface area contributed by atoms with Crippen LogP contribution in [0.15, 0.2) is 85.2 Å². The van der Waals surface area contributed by atoms with Gasteiger partial charge >= 0.3 is 11.4 Å². The summed E-state index contributed by atoms with van der Waals surface area (Å²) in [6.07, 6.45) is 3.54. The van der Waals surface area contributed by atoms with Crippen molar-refractivity contribution >= 4 is 11.4 Å². The average molecular weight is 739 g/mol. The quantitative estimate of drug-likeness (QED) is 0.101. The van der Waals surface area contributed by atoms with E-state index in [1.807, 2.05) is 91.8 Å². The number of benzene rings is 2. The largest absolute Gasteiger partial charge is 0.502 e. The molecule has 0 atom stereocenters. The van der Waals surface area contributed by atoms with Crippen molar-refractivity contribution in [3.63, 3.8) is 0 Å². The number of nitrogens with zero attached hydrogens (tertiary/aromatic N) is 8. The third-order valence-corrected chi connectivity index (χ3v) is 7.38. The zero-order chi connectivity index (χ0) is 40.5. The molecule has 0 unspecified atom stereocenters. The van der Waals surface area contributed by atoms with E-state index in [4.69, 9.17) is 20.4 Å². The summed E-state index contributed by atoms with van der Waals surface area (Å²) in [6, 6.07) is 18.8. The molecule has 6 rings (SSSR count). The van der Waals surface area contributed by atoms with Crippen molar-refractivity contribution in [1.82, 2.24) is 29.9 Å². The molecule has 6 aromatic rings. The molecule has 4 aromatic heterocycles. The van der Waals surface area contributed by atoms with Gasteiger partial charge in [-0.1, -0.05) is 24.3 Å². The predicted octanol–water partition coefficient (Wildman–Crippen LogP) is 7.58. The van der Waals surface area contributed by atoms with Crippen molar-refractivity contribution in [3.8, 4) is 34.4 Å². The summed E-state index contributed by atoms with van der Waals surface area (Å²) >= 11 is 0. The molecule has 0 aliphatic carbocycles. The molecule has 0 aliphatic heterocycles. The molecule has 0 aliphatic rings. The number of pyridine rings is 2. The van der Waals surface area contributed by atoms with E-state index >= 15 is 0 Å².